The third kappa shape index (κ3) is 4.57. The van der Waals surface area contributed by atoms with E-state index >= 15 is 0 Å². The van der Waals surface area contributed by atoms with Crippen LogP contribution in [-0.4, -0.2) is 40.4 Å². The van der Waals surface area contributed by atoms with E-state index in [4.69, 9.17) is 9.84 Å². The standard InChI is InChI=1S/C16H19N3O4/c1-23-13-11-19(12-7-3-2-4-8-12)18-15(13)16(22)17-10-6-5-9-14(20)21/h2-4,7-8,11H,5-6,9-10H2,1H3,(H,17,22)(H,20,21). The summed E-state index contributed by atoms with van der Waals surface area (Å²) < 4.78 is 6.79. The van der Waals surface area contributed by atoms with Crippen molar-refractivity contribution in [3.05, 3.63) is 42.2 Å². The molecule has 122 valence electrons. The topological polar surface area (TPSA) is 93.5 Å². The molecule has 0 spiro atoms. The van der Waals surface area contributed by atoms with Crippen molar-refractivity contribution in [3.63, 3.8) is 0 Å². The molecule has 0 aliphatic carbocycles. The minimum atomic E-state index is -0.834. The number of carbonyl (C=O) groups is 2. The van der Waals surface area contributed by atoms with Gasteiger partial charge >= 0.3 is 5.97 Å². The van der Waals surface area contributed by atoms with Crippen molar-refractivity contribution in [1.29, 1.82) is 0 Å². The molecule has 0 saturated carbocycles. The number of benzene rings is 1. The highest BCUT2D eigenvalue weighted by atomic mass is 16.5. The number of carboxylic acid groups (broad SMARTS) is 1. The largest absolute Gasteiger partial charge is 0.493 e. The third-order valence-corrected chi connectivity index (χ3v) is 3.24. The highest BCUT2D eigenvalue weighted by Crippen LogP contribution is 2.19. The molecular weight excluding hydrogens is 298 g/mol. The second-order valence-electron chi connectivity index (χ2n) is 4.93. The number of aliphatic carboxylic acids is 1. The van der Waals surface area contributed by atoms with Crippen LogP contribution in [0, 0.1) is 0 Å². The number of aromatic nitrogens is 2. The second kappa shape index (κ2) is 7.98. The molecule has 0 saturated heterocycles. The number of methoxy groups -OCH3 is 1. The van der Waals surface area contributed by atoms with Gasteiger partial charge in [-0.1, -0.05) is 18.2 Å². The van der Waals surface area contributed by atoms with Crippen molar-refractivity contribution < 1.29 is 19.4 Å². The number of nitrogens with one attached hydrogen (secondary N) is 1. The lowest BCUT2D eigenvalue weighted by atomic mass is 10.2. The number of ether oxygens (including phenoxy) is 1. The Hall–Kier alpha value is -2.83. The highest BCUT2D eigenvalue weighted by Gasteiger charge is 2.17. The predicted molar refractivity (Wildman–Crippen MR) is 83.9 cm³/mol. The number of rotatable bonds is 8. The van der Waals surface area contributed by atoms with Gasteiger partial charge in [-0.25, -0.2) is 4.68 Å². The molecule has 1 amide bonds. The van der Waals surface area contributed by atoms with Crippen LogP contribution in [0.2, 0.25) is 0 Å². The normalized spacial score (nSPS) is 10.3. The first kappa shape index (κ1) is 16.5. The van der Waals surface area contributed by atoms with Crippen LogP contribution in [0.15, 0.2) is 36.5 Å². The molecule has 0 fully saturated rings. The van der Waals surface area contributed by atoms with E-state index in [-0.39, 0.29) is 18.0 Å². The minimum absolute atomic E-state index is 0.0990. The third-order valence-electron chi connectivity index (χ3n) is 3.24. The van der Waals surface area contributed by atoms with E-state index in [0.717, 1.165) is 5.69 Å². The quantitative estimate of drug-likeness (QED) is 0.725. The van der Waals surface area contributed by atoms with Crippen LogP contribution in [0.25, 0.3) is 5.69 Å². The summed E-state index contributed by atoms with van der Waals surface area (Å²) in [7, 11) is 1.48. The van der Waals surface area contributed by atoms with Gasteiger partial charge in [-0.2, -0.15) is 5.10 Å². The average Bonchev–Trinajstić information content (AvgIpc) is 2.99. The van der Waals surface area contributed by atoms with Gasteiger partial charge < -0.3 is 15.2 Å². The van der Waals surface area contributed by atoms with Crippen LogP contribution in [0.4, 0.5) is 0 Å². The molecule has 0 unspecified atom stereocenters. The van der Waals surface area contributed by atoms with Crippen LogP contribution in [0.3, 0.4) is 0 Å². The molecule has 2 N–H and O–H groups in total. The zero-order valence-electron chi connectivity index (χ0n) is 12.9. The lowest BCUT2D eigenvalue weighted by Gasteiger charge is -2.03. The smallest absolute Gasteiger partial charge is 0.303 e. The Balaban J connectivity index is 1.99. The maximum atomic E-state index is 12.2. The molecule has 7 heteroatoms. The van der Waals surface area contributed by atoms with Gasteiger partial charge in [0.25, 0.3) is 5.91 Å². The van der Waals surface area contributed by atoms with E-state index < -0.39 is 5.97 Å². The fourth-order valence-corrected chi connectivity index (χ4v) is 2.06. The van der Waals surface area contributed by atoms with Gasteiger partial charge in [-0.15, -0.1) is 0 Å². The summed E-state index contributed by atoms with van der Waals surface area (Å²) in [6, 6.07) is 9.41. The van der Waals surface area contributed by atoms with Crippen molar-refractivity contribution >= 4 is 11.9 Å². The number of para-hydroxylation sites is 1. The zero-order valence-corrected chi connectivity index (χ0v) is 12.9. The first-order chi connectivity index (χ1) is 11.1. The predicted octanol–water partition coefficient (Wildman–Crippen LogP) is 1.87. The maximum Gasteiger partial charge on any atom is 0.303 e. The fourth-order valence-electron chi connectivity index (χ4n) is 2.06. The van der Waals surface area contributed by atoms with Crippen LogP contribution in [0.1, 0.15) is 29.8 Å². The van der Waals surface area contributed by atoms with Crippen LogP contribution in [-0.2, 0) is 4.79 Å². The van der Waals surface area contributed by atoms with Crippen LogP contribution in [0.5, 0.6) is 5.75 Å². The van der Waals surface area contributed by atoms with E-state index in [1.165, 1.54) is 7.11 Å². The van der Waals surface area contributed by atoms with Gasteiger partial charge in [0.05, 0.1) is 19.0 Å². The molecule has 0 radical (unpaired) electrons. The zero-order chi connectivity index (χ0) is 16.7. The number of hydrogen-bond acceptors (Lipinski definition) is 4. The second-order valence-corrected chi connectivity index (χ2v) is 4.93. The summed E-state index contributed by atoms with van der Waals surface area (Å²) in [5, 5.41) is 15.6. The van der Waals surface area contributed by atoms with Gasteiger partial charge in [0, 0.05) is 13.0 Å². The number of amides is 1. The summed E-state index contributed by atoms with van der Waals surface area (Å²) >= 11 is 0. The number of carbonyl (C=O) groups excluding carboxylic acids is 1. The van der Waals surface area contributed by atoms with Gasteiger partial charge in [-0.3, -0.25) is 9.59 Å². The number of unbranched alkanes of at least 4 members (excludes halogenated alkanes) is 1. The van der Waals surface area contributed by atoms with Crippen LogP contribution < -0.4 is 10.1 Å². The van der Waals surface area contributed by atoms with E-state index in [1.54, 1.807) is 10.9 Å². The summed E-state index contributed by atoms with van der Waals surface area (Å²) in [6.07, 6.45) is 2.86. The summed E-state index contributed by atoms with van der Waals surface area (Å²) in [4.78, 5) is 22.6. The lowest BCUT2D eigenvalue weighted by molar-refractivity contribution is -0.137. The van der Waals surface area contributed by atoms with Gasteiger partial charge in [-0.05, 0) is 25.0 Å². The first-order valence-corrected chi connectivity index (χ1v) is 7.31. The van der Waals surface area contributed by atoms with Crippen molar-refractivity contribution in [2.45, 2.75) is 19.3 Å². The molecule has 0 aliphatic heterocycles. The lowest BCUT2D eigenvalue weighted by Crippen LogP contribution is -2.25. The van der Waals surface area contributed by atoms with Crippen molar-refractivity contribution in [3.8, 4) is 11.4 Å². The fraction of sp³-hybridized carbons (Fsp3) is 0.312. The van der Waals surface area contributed by atoms with Crippen molar-refractivity contribution in [1.82, 2.24) is 15.1 Å². The number of carboxylic acids is 1. The summed E-state index contributed by atoms with van der Waals surface area (Å²) in [6.45, 7) is 0.396. The summed E-state index contributed by atoms with van der Waals surface area (Å²) in [5.74, 6) is -0.789. The molecule has 0 atom stereocenters. The molecule has 0 bridgehead atoms. The minimum Gasteiger partial charge on any atom is -0.493 e. The molecule has 1 aromatic heterocycles. The molecule has 2 aromatic rings. The molecule has 23 heavy (non-hydrogen) atoms. The molecule has 1 aromatic carbocycles. The highest BCUT2D eigenvalue weighted by molar-refractivity contribution is 5.94. The Morgan fingerprint density at radius 1 is 1.26 bits per heavy atom. The van der Waals surface area contributed by atoms with E-state index in [0.29, 0.717) is 25.1 Å². The number of hydrogen-bond donors (Lipinski definition) is 2. The van der Waals surface area contributed by atoms with Gasteiger partial charge in [0.15, 0.2) is 11.4 Å². The number of nitrogens with zero attached hydrogens (tertiary/aromatic N) is 2. The molecule has 1 heterocycles. The Bertz CT molecular complexity index is 667. The maximum absolute atomic E-state index is 12.2. The molecule has 2 rings (SSSR count). The van der Waals surface area contributed by atoms with E-state index in [2.05, 4.69) is 10.4 Å². The van der Waals surface area contributed by atoms with Crippen molar-refractivity contribution in [2.24, 2.45) is 0 Å². The Morgan fingerprint density at radius 3 is 2.65 bits per heavy atom. The van der Waals surface area contributed by atoms with Crippen molar-refractivity contribution in [2.75, 3.05) is 13.7 Å². The Morgan fingerprint density at radius 2 is 2.00 bits per heavy atom. The monoisotopic (exact) mass is 317 g/mol. The van der Waals surface area contributed by atoms with E-state index in [9.17, 15) is 9.59 Å². The molecule has 7 nitrogen and oxygen atoms in total. The average molecular weight is 317 g/mol. The molecule has 0 aliphatic rings. The Kier molecular flexibility index (Phi) is 5.74. The van der Waals surface area contributed by atoms with Gasteiger partial charge in [0.1, 0.15) is 0 Å². The Labute approximate surface area is 133 Å². The van der Waals surface area contributed by atoms with Crippen LogP contribution >= 0.6 is 0 Å². The van der Waals surface area contributed by atoms with Gasteiger partial charge in [0.2, 0.25) is 0 Å². The van der Waals surface area contributed by atoms with E-state index in [1.807, 2.05) is 30.3 Å². The summed E-state index contributed by atoms with van der Waals surface area (Å²) in [5.41, 5.74) is 1.03. The molecular formula is C16H19N3O4. The SMILES string of the molecule is COc1cn(-c2ccccc2)nc1C(=O)NCCCCC(=O)O. The first-order valence-electron chi connectivity index (χ1n) is 7.31.